The van der Waals surface area contributed by atoms with E-state index in [0.29, 0.717) is 4.47 Å². The molecule has 0 fully saturated rings. The molecular formula is C7H7BrFNO. The average molecular weight is 220 g/mol. The maximum Gasteiger partial charge on any atom is 0.189 e. The zero-order valence-corrected chi connectivity index (χ0v) is 7.48. The third kappa shape index (κ3) is 1.45. The molecule has 11 heavy (non-hydrogen) atoms. The van der Waals surface area contributed by atoms with Crippen LogP contribution in [0, 0.1) is 5.82 Å². The fourth-order valence-corrected chi connectivity index (χ4v) is 1.20. The van der Waals surface area contributed by atoms with Crippen LogP contribution in [0.3, 0.4) is 0 Å². The highest BCUT2D eigenvalue weighted by Gasteiger charge is 2.09. The lowest BCUT2D eigenvalue weighted by Gasteiger charge is -2.05. The Morgan fingerprint density at radius 3 is 2.64 bits per heavy atom. The Kier molecular flexibility index (Phi) is 2.34. The van der Waals surface area contributed by atoms with Gasteiger partial charge in [0.1, 0.15) is 0 Å². The van der Waals surface area contributed by atoms with E-state index in [-0.39, 0.29) is 11.4 Å². The summed E-state index contributed by atoms with van der Waals surface area (Å²) in [6, 6.07) is 3.11. The quantitative estimate of drug-likeness (QED) is 0.736. The number of nitrogen functional groups attached to an aromatic ring is 1. The Morgan fingerprint density at radius 2 is 2.18 bits per heavy atom. The van der Waals surface area contributed by atoms with Gasteiger partial charge >= 0.3 is 0 Å². The fraction of sp³-hybridized carbons (Fsp3) is 0.143. The highest BCUT2D eigenvalue weighted by atomic mass is 79.9. The molecule has 1 aromatic carbocycles. The van der Waals surface area contributed by atoms with E-state index in [2.05, 4.69) is 15.9 Å². The third-order valence-corrected chi connectivity index (χ3v) is 1.91. The van der Waals surface area contributed by atoms with Crippen LogP contribution >= 0.6 is 15.9 Å². The lowest BCUT2D eigenvalue weighted by Crippen LogP contribution is -1.95. The monoisotopic (exact) mass is 219 g/mol. The number of hydrogen-bond donors (Lipinski definition) is 1. The standard InChI is InChI=1S/C7H7BrFNO/c1-11-7-4(8)2-3-5(10)6(7)9/h2-3H,10H2,1H3. The summed E-state index contributed by atoms with van der Waals surface area (Å²) in [7, 11) is 1.39. The van der Waals surface area contributed by atoms with E-state index in [1.165, 1.54) is 13.2 Å². The van der Waals surface area contributed by atoms with Crippen molar-refractivity contribution in [1.82, 2.24) is 0 Å². The van der Waals surface area contributed by atoms with Crippen molar-refractivity contribution in [3.63, 3.8) is 0 Å². The first-order valence-electron chi connectivity index (χ1n) is 2.94. The lowest BCUT2D eigenvalue weighted by atomic mass is 10.3. The predicted octanol–water partition coefficient (Wildman–Crippen LogP) is 2.18. The Balaban J connectivity index is 3.29. The summed E-state index contributed by atoms with van der Waals surface area (Å²) in [5.74, 6) is -0.383. The zero-order chi connectivity index (χ0) is 8.43. The van der Waals surface area contributed by atoms with Crippen molar-refractivity contribution < 1.29 is 9.13 Å². The molecule has 0 unspecified atom stereocenters. The summed E-state index contributed by atoms with van der Waals surface area (Å²) >= 11 is 3.12. The topological polar surface area (TPSA) is 35.2 Å². The number of nitrogens with two attached hydrogens (primary N) is 1. The molecule has 0 amide bonds. The van der Waals surface area contributed by atoms with Gasteiger partial charge in [0.05, 0.1) is 17.3 Å². The summed E-state index contributed by atoms with van der Waals surface area (Å²) in [5, 5.41) is 0. The molecular weight excluding hydrogens is 213 g/mol. The first-order valence-corrected chi connectivity index (χ1v) is 3.73. The molecule has 0 radical (unpaired) electrons. The summed E-state index contributed by atoms with van der Waals surface area (Å²) in [6.45, 7) is 0. The summed E-state index contributed by atoms with van der Waals surface area (Å²) in [6.07, 6.45) is 0. The van der Waals surface area contributed by atoms with Crippen LogP contribution in [0.2, 0.25) is 0 Å². The Hall–Kier alpha value is -0.770. The van der Waals surface area contributed by atoms with Crippen LogP contribution < -0.4 is 10.5 Å². The highest BCUT2D eigenvalue weighted by molar-refractivity contribution is 9.10. The second-order valence-corrected chi connectivity index (χ2v) is 2.84. The van der Waals surface area contributed by atoms with Crippen molar-refractivity contribution in [2.45, 2.75) is 0 Å². The minimum Gasteiger partial charge on any atom is -0.492 e. The van der Waals surface area contributed by atoms with Crippen LogP contribution in [0.25, 0.3) is 0 Å². The van der Waals surface area contributed by atoms with E-state index in [0.717, 1.165) is 0 Å². The summed E-state index contributed by atoms with van der Waals surface area (Å²) < 4.78 is 18.3. The molecule has 0 saturated carbocycles. The van der Waals surface area contributed by atoms with E-state index in [9.17, 15) is 4.39 Å². The summed E-state index contributed by atoms with van der Waals surface area (Å²) in [4.78, 5) is 0. The van der Waals surface area contributed by atoms with Crippen molar-refractivity contribution >= 4 is 21.6 Å². The van der Waals surface area contributed by atoms with Gasteiger partial charge in [-0.05, 0) is 28.1 Å². The van der Waals surface area contributed by atoms with Crippen molar-refractivity contribution in [1.29, 1.82) is 0 Å². The Bertz CT molecular complexity index is 277. The van der Waals surface area contributed by atoms with Crippen molar-refractivity contribution in [2.24, 2.45) is 0 Å². The molecule has 0 aromatic heterocycles. The van der Waals surface area contributed by atoms with E-state index in [1.54, 1.807) is 6.07 Å². The van der Waals surface area contributed by atoms with Crippen LogP contribution in [-0.2, 0) is 0 Å². The molecule has 0 bridgehead atoms. The van der Waals surface area contributed by atoms with E-state index in [1.807, 2.05) is 0 Å². The van der Waals surface area contributed by atoms with Gasteiger partial charge in [-0.2, -0.15) is 0 Å². The number of benzene rings is 1. The Labute approximate surface area is 72.3 Å². The van der Waals surface area contributed by atoms with Gasteiger partial charge in [0.15, 0.2) is 11.6 Å². The number of halogens is 2. The second kappa shape index (κ2) is 3.09. The van der Waals surface area contributed by atoms with Crippen LogP contribution in [0.15, 0.2) is 16.6 Å². The summed E-state index contributed by atoms with van der Waals surface area (Å²) in [5.41, 5.74) is 5.38. The molecule has 2 N–H and O–H groups in total. The molecule has 0 atom stereocenters. The zero-order valence-electron chi connectivity index (χ0n) is 5.90. The van der Waals surface area contributed by atoms with Gasteiger partial charge in [-0.15, -0.1) is 0 Å². The third-order valence-electron chi connectivity index (χ3n) is 1.28. The molecule has 1 aromatic rings. The van der Waals surface area contributed by atoms with Crippen LogP contribution in [0.4, 0.5) is 10.1 Å². The lowest BCUT2D eigenvalue weighted by molar-refractivity contribution is 0.385. The smallest absolute Gasteiger partial charge is 0.189 e. The van der Waals surface area contributed by atoms with Gasteiger partial charge in [-0.1, -0.05) is 0 Å². The van der Waals surface area contributed by atoms with Crippen LogP contribution in [0.1, 0.15) is 0 Å². The normalized spacial score (nSPS) is 9.73. The molecule has 4 heteroatoms. The van der Waals surface area contributed by atoms with Crippen molar-refractivity contribution in [3.05, 3.63) is 22.4 Å². The van der Waals surface area contributed by atoms with Crippen LogP contribution in [-0.4, -0.2) is 7.11 Å². The fourth-order valence-electron chi connectivity index (χ4n) is 0.735. The first kappa shape index (κ1) is 8.33. The Morgan fingerprint density at radius 1 is 1.55 bits per heavy atom. The van der Waals surface area contributed by atoms with E-state index >= 15 is 0 Å². The van der Waals surface area contributed by atoms with Crippen molar-refractivity contribution in [2.75, 3.05) is 12.8 Å². The molecule has 60 valence electrons. The first-order chi connectivity index (χ1) is 5.16. The number of methoxy groups -OCH3 is 1. The minimum atomic E-state index is -0.526. The maximum absolute atomic E-state index is 13.0. The van der Waals surface area contributed by atoms with Gasteiger partial charge in [-0.3, -0.25) is 0 Å². The van der Waals surface area contributed by atoms with Gasteiger partial charge in [-0.25, -0.2) is 4.39 Å². The molecule has 0 aliphatic carbocycles. The molecule has 2 nitrogen and oxygen atoms in total. The second-order valence-electron chi connectivity index (χ2n) is 1.98. The molecule has 0 saturated heterocycles. The highest BCUT2D eigenvalue weighted by Crippen LogP contribution is 2.30. The van der Waals surface area contributed by atoms with Crippen molar-refractivity contribution in [3.8, 4) is 5.75 Å². The molecule has 0 aliphatic rings. The van der Waals surface area contributed by atoms with Gasteiger partial charge in [0, 0.05) is 0 Å². The predicted molar refractivity (Wildman–Crippen MR) is 45.1 cm³/mol. The van der Waals surface area contributed by atoms with E-state index < -0.39 is 5.82 Å². The average Bonchev–Trinajstić information content (AvgIpc) is 1.99. The number of rotatable bonds is 1. The number of anilines is 1. The maximum atomic E-state index is 13.0. The van der Waals surface area contributed by atoms with Crippen LogP contribution in [0.5, 0.6) is 5.75 Å². The van der Waals surface area contributed by atoms with Gasteiger partial charge in [0.2, 0.25) is 0 Å². The SMILES string of the molecule is COc1c(Br)ccc(N)c1F. The number of ether oxygens (including phenoxy) is 1. The minimum absolute atomic E-state index is 0.0880. The molecule has 1 rings (SSSR count). The van der Waals surface area contributed by atoms with E-state index in [4.69, 9.17) is 10.5 Å². The van der Waals surface area contributed by atoms with Gasteiger partial charge in [0.25, 0.3) is 0 Å². The molecule has 0 heterocycles. The van der Waals surface area contributed by atoms with Gasteiger partial charge < -0.3 is 10.5 Å². The molecule has 0 spiro atoms. The molecule has 0 aliphatic heterocycles. The number of hydrogen-bond acceptors (Lipinski definition) is 2. The largest absolute Gasteiger partial charge is 0.492 e.